The summed E-state index contributed by atoms with van der Waals surface area (Å²) < 4.78 is 12.7. The second kappa shape index (κ2) is 2.96. The van der Waals surface area contributed by atoms with Gasteiger partial charge < -0.3 is 10.3 Å². The lowest BCUT2D eigenvalue weighted by atomic mass is 10.5. The van der Waals surface area contributed by atoms with Crippen molar-refractivity contribution < 1.29 is 4.39 Å². The van der Waals surface area contributed by atoms with Crippen molar-refractivity contribution in [3.05, 3.63) is 12.4 Å². The molecule has 2 aromatic heterocycles. The highest BCUT2D eigenvalue weighted by molar-refractivity contribution is 5.81. The smallest absolute Gasteiger partial charge is 0.289 e. The van der Waals surface area contributed by atoms with Crippen molar-refractivity contribution >= 4 is 17.0 Å². The highest BCUT2D eigenvalue weighted by atomic mass is 19.1. The monoisotopic (exact) mass is 181 g/mol. The zero-order valence-electron chi connectivity index (χ0n) is 7.00. The minimum atomic E-state index is -0.644. The van der Waals surface area contributed by atoms with E-state index < -0.39 is 6.08 Å². The molecule has 0 bridgehead atoms. The number of fused-ring (bicyclic) bond motifs is 1. The van der Waals surface area contributed by atoms with E-state index in [1.54, 1.807) is 0 Å². The SMILES string of the molecule is CCNc1ncnc2nc(F)[nH]c12. The molecule has 2 heterocycles. The molecule has 68 valence electrons. The van der Waals surface area contributed by atoms with Crippen molar-refractivity contribution in [3.8, 4) is 0 Å². The molecule has 0 aliphatic rings. The Balaban J connectivity index is 2.60. The quantitative estimate of drug-likeness (QED) is 0.676. The third kappa shape index (κ3) is 1.30. The Hall–Kier alpha value is -1.72. The van der Waals surface area contributed by atoms with Gasteiger partial charge in [-0.1, -0.05) is 0 Å². The van der Waals surface area contributed by atoms with E-state index in [-0.39, 0.29) is 0 Å². The Morgan fingerprint density at radius 3 is 3.15 bits per heavy atom. The molecule has 6 heteroatoms. The Bertz CT molecular complexity index is 424. The first-order valence-electron chi connectivity index (χ1n) is 3.91. The summed E-state index contributed by atoms with van der Waals surface area (Å²) in [4.78, 5) is 13.8. The number of halogens is 1. The van der Waals surface area contributed by atoms with Gasteiger partial charge in [0, 0.05) is 6.54 Å². The summed E-state index contributed by atoms with van der Waals surface area (Å²) in [6.07, 6.45) is 0.704. The van der Waals surface area contributed by atoms with Crippen LogP contribution in [-0.4, -0.2) is 26.5 Å². The second-order valence-corrected chi connectivity index (χ2v) is 2.48. The van der Waals surface area contributed by atoms with Gasteiger partial charge in [-0.2, -0.15) is 9.37 Å². The van der Waals surface area contributed by atoms with Gasteiger partial charge in [0.05, 0.1) is 0 Å². The molecule has 0 amide bonds. The van der Waals surface area contributed by atoms with Crippen LogP contribution in [0.5, 0.6) is 0 Å². The van der Waals surface area contributed by atoms with E-state index in [2.05, 4.69) is 25.3 Å². The molecule has 0 aliphatic carbocycles. The van der Waals surface area contributed by atoms with E-state index >= 15 is 0 Å². The molecule has 0 aliphatic heterocycles. The van der Waals surface area contributed by atoms with Gasteiger partial charge in [-0.3, -0.25) is 0 Å². The Labute approximate surface area is 73.4 Å². The zero-order chi connectivity index (χ0) is 9.26. The van der Waals surface area contributed by atoms with Gasteiger partial charge in [0.15, 0.2) is 11.5 Å². The summed E-state index contributed by atoms with van der Waals surface area (Å²) >= 11 is 0. The number of rotatable bonds is 2. The maximum Gasteiger partial charge on any atom is 0.289 e. The molecule has 2 N–H and O–H groups in total. The van der Waals surface area contributed by atoms with Crippen LogP contribution >= 0.6 is 0 Å². The molecule has 13 heavy (non-hydrogen) atoms. The zero-order valence-corrected chi connectivity index (χ0v) is 7.00. The lowest BCUT2D eigenvalue weighted by Crippen LogP contribution is -2.00. The average Bonchev–Trinajstić information content (AvgIpc) is 2.47. The lowest BCUT2D eigenvalue weighted by Gasteiger charge is -2.00. The molecular weight excluding hydrogens is 173 g/mol. The molecule has 5 nitrogen and oxygen atoms in total. The predicted octanol–water partition coefficient (Wildman–Crippen LogP) is 0.924. The number of H-pyrrole nitrogens is 1. The van der Waals surface area contributed by atoms with Crippen LogP contribution < -0.4 is 5.32 Å². The van der Waals surface area contributed by atoms with E-state index in [1.807, 2.05) is 6.92 Å². The van der Waals surface area contributed by atoms with Crippen molar-refractivity contribution in [1.82, 2.24) is 19.9 Å². The van der Waals surface area contributed by atoms with Gasteiger partial charge in [-0.05, 0) is 6.92 Å². The first kappa shape index (κ1) is 7.90. The largest absolute Gasteiger partial charge is 0.368 e. The fraction of sp³-hybridized carbons (Fsp3) is 0.286. The summed E-state index contributed by atoms with van der Waals surface area (Å²) in [5.74, 6) is 0.573. The minimum absolute atomic E-state index is 0.337. The van der Waals surface area contributed by atoms with Gasteiger partial charge in [-0.15, -0.1) is 0 Å². The number of hydrogen-bond donors (Lipinski definition) is 2. The molecular formula is C7H8FN5. The molecule has 2 aromatic rings. The summed E-state index contributed by atoms with van der Waals surface area (Å²) in [6, 6.07) is 0. The van der Waals surface area contributed by atoms with Gasteiger partial charge in [0.25, 0.3) is 6.08 Å². The second-order valence-electron chi connectivity index (χ2n) is 2.48. The maximum absolute atomic E-state index is 12.7. The summed E-state index contributed by atoms with van der Waals surface area (Å²) in [6.45, 7) is 2.65. The van der Waals surface area contributed by atoms with Crippen LogP contribution in [0.15, 0.2) is 6.33 Å². The summed E-state index contributed by atoms with van der Waals surface area (Å²) in [5.41, 5.74) is 0.838. The van der Waals surface area contributed by atoms with Crippen LogP contribution in [0.1, 0.15) is 6.92 Å². The number of aromatic nitrogens is 4. The summed E-state index contributed by atoms with van der Waals surface area (Å²) in [5, 5.41) is 2.97. The van der Waals surface area contributed by atoms with Crippen LogP contribution in [0.25, 0.3) is 11.2 Å². The lowest BCUT2D eigenvalue weighted by molar-refractivity contribution is 0.556. The normalized spacial score (nSPS) is 10.6. The number of hydrogen-bond acceptors (Lipinski definition) is 4. The van der Waals surface area contributed by atoms with E-state index in [1.165, 1.54) is 6.33 Å². The maximum atomic E-state index is 12.7. The van der Waals surface area contributed by atoms with E-state index in [0.29, 0.717) is 23.5 Å². The molecule has 0 unspecified atom stereocenters. The standard InChI is InChI=1S/C7H8FN5/c1-2-9-5-4-6(11-3-10-5)13-7(8)12-4/h3H,2H2,1H3,(H2,9,10,11,12,13). The van der Waals surface area contributed by atoms with Crippen molar-refractivity contribution in [2.24, 2.45) is 0 Å². The van der Waals surface area contributed by atoms with Crippen molar-refractivity contribution in [2.45, 2.75) is 6.92 Å². The molecule has 0 saturated heterocycles. The number of imidazole rings is 1. The Morgan fingerprint density at radius 1 is 1.54 bits per heavy atom. The van der Waals surface area contributed by atoms with Crippen molar-refractivity contribution in [1.29, 1.82) is 0 Å². The third-order valence-corrected chi connectivity index (χ3v) is 1.60. The number of aromatic amines is 1. The van der Waals surface area contributed by atoms with E-state index in [9.17, 15) is 4.39 Å². The predicted molar refractivity (Wildman–Crippen MR) is 45.8 cm³/mol. The average molecular weight is 181 g/mol. The highest BCUT2D eigenvalue weighted by Gasteiger charge is 2.07. The topological polar surface area (TPSA) is 66.5 Å². The first-order valence-corrected chi connectivity index (χ1v) is 3.91. The van der Waals surface area contributed by atoms with Gasteiger partial charge in [-0.25, -0.2) is 9.97 Å². The van der Waals surface area contributed by atoms with Crippen LogP contribution in [-0.2, 0) is 0 Å². The molecule has 0 fully saturated rings. The molecule has 0 atom stereocenters. The fourth-order valence-corrected chi connectivity index (χ4v) is 1.10. The van der Waals surface area contributed by atoms with Gasteiger partial charge >= 0.3 is 0 Å². The van der Waals surface area contributed by atoms with Crippen LogP contribution in [0.2, 0.25) is 0 Å². The molecule has 0 aromatic carbocycles. The van der Waals surface area contributed by atoms with Crippen LogP contribution in [0, 0.1) is 6.08 Å². The van der Waals surface area contributed by atoms with E-state index in [0.717, 1.165) is 0 Å². The first-order chi connectivity index (χ1) is 6.31. The Morgan fingerprint density at radius 2 is 2.38 bits per heavy atom. The highest BCUT2D eigenvalue weighted by Crippen LogP contribution is 2.15. The molecule has 0 radical (unpaired) electrons. The van der Waals surface area contributed by atoms with Crippen LogP contribution in [0.4, 0.5) is 10.2 Å². The summed E-state index contributed by atoms with van der Waals surface area (Å²) in [7, 11) is 0. The number of nitrogens with one attached hydrogen (secondary N) is 2. The third-order valence-electron chi connectivity index (χ3n) is 1.60. The van der Waals surface area contributed by atoms with Gasteiger partial charge in [0.2, 0.25) is 0 Å². The Kier molecular flexibility index (Phi) is 1.80. The van der Waals surface area contributed by atoms with Crippen molar-refractivity contribution in [2.75, 3.05) is 11.9 Å². The molecule has 0 saturated carbocycles. The van der Waals surface area contributed by atoms with Crippen molar-refractivity contribution in [3.63, 3.8) is 0 Å². The van der Waals surface area contributed by atoms with E-state index in [4.69, 9.17) is 0 Å². The number of anilines is 1. The molecule has 2 rings (SSSR count). The van der Waals surface area contributed by atoms with Crippen LogP contribution in [0.3, 0.4) is 0 Å². The fourth-order valence-electron chi connectivity index (χ4n) is 1.10. The number of nitrogens with zero attached hydrogens (tertiary/aromatic N) is 3. The molecule has 0 spiro atoms. The minimum Gasteiger partial charge on any atom is -0.368 e. The van der Waals surface area contributed by atoms with Gasteiger partial charge in [0.1, 0.15) is 11.8 Å².